The molecular weight excluding hydrogens is 256 g/mol. The number of aromatic nitrogens is 1. The van der Waals surface area contributed by atoms with E-state index in [1.165, 1.54) is 12.1 Å². The molecule has 0 aliphatic heterocycles. The molecule has 0 aliphatic carbocycles. The van der Waals surface area contributed by atoms with Crippen LogP contribution < -0.4 is 10.1 Å². The number of carboxylic acid groups (broad SMARTS) is 1. The monoisotopic (exact) mass is 272 g/mol. The Morgan fingerprint density at radius 3 is 2.75 bits per heavy atom. The first-order valence-corrected chi connectivity index (χ1v) is 6.29. The largest absolute Gasteiger partial charge is 0.492 e. The number of aryl methyl sites for hydroxylation is 1. The standard InChI is InChI=1S/C15H16N2O3/c1-11-9-12(15(18)19)10-14(17-11)16-7-8-20-13-5-3-2-4-6-13/h2-6,9-10H,7-8H2,1H3,(H,16,17)(H,18,19). The van der Waals surface area contributed by atoms with Gasteiger partial charge in [-0.05, 0) is 31.2 Å². The maximum atomic E-state index is 10.9. The van der Waals surface area contributed by atoms with Gasteiger partial charge < -0.3 is 15.2 Å². The van der Waals surface area contributed by atoms with Gasteiger partial charge in [0, 0.05) is 5.69 Å². The predicted molar refractivity (Wildman–Crippen MR) is 76.4 cm³/mol. The molecule has 0 unspecified atom stereocenters. The zero-order chi connectivity index (χ0) is 14.4. The topological polar surface area (TPSA) is 71.5 Å². The molecule has 0 fully saturated rings. The van der Waals surface area contributed by atoms with Gasteiger partial charge in [0.05, 0.1) is 12.1 Å². The van der Waals surface area contributed by atoms with Crippen LogP contribution in [0.1, 0.15) is 16.1 Å². The highest BCUT2D eigenvalue weighted by Crippen LogP contribution is 2.11. The van der Waals surface area contributed by atoms with E-state index in [1.54, 1.807) is 6.92 Å². The smallest absolute Gasteiger partial charge is 0.335 e. The lowest BCUT2D eigenvalue weighted by molar-refractivity contribution is 0.0696. The second-order valence-electron chi connectivity index (χ2n) is 4.28. The highest BCUT2D eigenvalue weighted by molar-refractivity contribution is 5.88. The summed E-state index contributed by atoms with van der Waals surface area (Å²) in [6.45, 7) is 2.78. The van der Waals surface area contributed by atoms with Crippen LogP contribution in [-0.4, -0.2) is 29.2 Å². The minimum Gasteiger partial charge on any atom is -0.492 e. The molecule has 1 aromatic heterocycles. The average molecular weight is 272 g/mol. The first-order chi connectivity index (χ1) is 9.65. The summed E-state index contributed by atoms with van der Waals surface area (Å²) in [6, 6.07) is 12.6. The molecule has 0 atom stereocenters. The molecule has 1 heterocycles. The van der Waals surface area contributed by atoms with E-state index < -0.39 is 5.97 Å². The Labute approximate surface area is 117 Å². The van der Waals surface area contributed by atoms with Gasteiger partial charge in [-0.1, -0.05) is 18.2 Å². The van der Waals surface area contributed by atoms with Gasteiger partial charge in [0.15, 0.2) is 0 Å². The van der Waals surface area contributed by atoms with E-state index in [-0.39, 0.29) is 5.56 Å². The van der Waals surface area contributed by atoms with Crippen molar-refractivity contribution in [3.05, 3.63) is 53.7 Å². The van der Waals surface area contributed by atoms with Crippen molar-refractivity contribution >= 4 is 11.8 Å². The average Bonchev–Trinajstić information content (AvgIpc) is 2.44. The number of aromatic carboxylic acids is 1. The van der Waals surface area contributed by atoms with E-state index in [1.807, 2.05) is 30.3 Å². The van der Waals surface area contributed by atoms with Crippen molar-refractivity contribution in [2.45, 2.75) is 6.92 Å². The predicted octanol–water partition coefficient (Wildman–Crippen LogP) is 2.58. The van der Waals surface area contributed by atoms with Crippen LogP contribution in [0.25, 0.3) is 0 Å². The number of hydrogen-bond donors (Lipinski definition) is 2. The summed E-state index contributed by atoms with van der Waals surface area (Å²) in [5, 5.41) is 12.0. The summed E-state index contributed by atoms with van der Waals surface area (Å²) in [7, 11) is 0. The van der Waals surface area contributed by atoms with Crippen LogP contribution in [0, 0.1) is 6.92 Å². The summed E-state index contributed by atoms with van der Waals surface area (Å²) >= 11 is 0. The van der Waals surface area contributed by atoms with Gasteiger partial charge >= 0.3 is 5.97 Å². The van der Waals surface area contributed by atoms with Gasteiger partial charge in [0.25, 0.3) is 0 Å². The van der Waals surface area contributed by atoms with E-state index in [2.05, 4.69) is 10.3 Å². The van der Waals surface area contributed by atoms with Crippen molar-refractivity contribution in [3.63, 3.8) is 0 Å². The fourth-order valence-corrected chi connectivity index (χ4v) is 1.75. The van der Waals surface area contributed by atoms with Gasteiger partial charge in [-0.3, -0.25) is 0 Å². The van der Waals surface area contributed by atoms with Gasteiger partial charge in [-0.2, -0.15) is 0 Å². The Bertz CT molecular complexity index is 585. The Balaban J connectivity index is 1.86. The van der Waals surface area contributed by atoms with Crippen molar-refractivity contribution in [3.8, 4) is 5.75 Å². The number of carbonyl (C=O) groups is 1. The zero-order valence-corrected chi connectivity index (χ0v) is 11.2. The SMILES string of the molecule is Cc1cc(C(=O)O)cc(NCCOc2ccccc2)n1. The second kappa shape index (κ2) is 6.56. The fourth-order valence-electron chi connectivity index (χ4n) is 1.75. The molecular formula is C15H16N2O3. The van der Waals surface area contributed by atoms with E-state index in [0.29, 0.717) is 24.7 Å². The fraction of sp³-hybridized carbons (Fsp3) is 0.200. The lowest BCUT2D eigenvalue weighted by Gasteiger charge is -2.09. The molecule has 0 spiro atoms. The highest BCUT2D eigenvalue weighted by atomic mass is 16.5. The van der Waals surface area contributed by atoms with Gasteiger partial charge in [-0.25, -0.2) is 9.78 Å². The molecule has 0 amide bonds. The summed E-state index contributed by atoms with van der Waals surface area (Å²) in [5.74, 6) is 0.385. The number of anilines is 1. The van der Waals surface area contributed by atoms with Crippen molar-refractivity contribution in [2.24, 2.45) is 0 Å². The second-order valence-corrected chi connectivity index (χ2v) is 4.28. The van der Waals surface area contributed by atoms with E-state index in [4.69, 9.17) is 9.84 Å². The van der Waals surface area contributed by atoms with E-state index >= 15 is 0 Å². The van der Waals surface area contributed by atoms with Gasteiger partial charge in [0.2, 0.25) is 0 Å². The van der Waals surface area contributed by atoms with Crippen LogP contribution in [0.15, 0.2) is 42.5 Å². The highest BCUT2D eigenvalue weighted by Gasteiger charge is 2.06. The van der Waals surface area contributed by atoms with Crippen molar-refractivity contribution in [2.75, 3.05) is 18.5 Å². The molecule has 0 aliphatic rings. The molecule has 0 radical (unpaired) electrons. The van der Waals surface area contributed by atoms with E-state index in [9.17, 15) is 4.79 Å². The lowest BCUT2D eigenvalue weighted by Crippen LogP contribution is -2.13. The van der Waals surface area contributed by atoms with Crippen LogP contribution >= 0.6 is 0 Å². The quantitative estimate of drug-likeness (QED) is 0.791. The number of ether oxygens (including phenoxy) is 1. The Hall–Kier alpha value is -2.56. The molecule has 0 saturated heterocycles. The summed E-state index contributed by atoms with van der Waals surface area (Å²) < 4.78 is 5.53. The number of carboxylic acids is 1. The number of para-hydroxylation sites is 1. The number of rotatable bonds is 6. The van der Waals surface area contributed by atoms with Crippen LogP contribution in [0.3, 0.4) is 0 Å². The molecule has 5 heteroatoms. The van der Waals surface area contributed by atoms with Crippen LogP contribution in [0.4, 0.5) is 5.82 Å². The molecule has 20 heavy (non-hydrogen) atoms. The minimum atomic E-state index is -0.959. The number of nitrogens with zero attached hydrogens (tertiary/aromatic N) is 1. The first kappa shape index (κ1) is 13.9. The van der Waals surface area contributed by atoms with Crippen LogP contribution in [0.2, 0.25) is 0 Å². The maximum absolute atomic E-state index is 10.9. The molecule has 104 valence electrons. The number of benzene rings is 1. The summed E-state index contributed by atoms with van der Waals surface area (Å²) in [4.78, 5) is 15.2. The van der Waals surface area contributed by atoms with Crippen molar-refractivity contribution in [1.29, 1.82) is 0 Å². The molecule has 2 N–H and O–H groups in total. The summed E-state index contributed by atoms with van der Waals surface area (Å²) in [6.07, 6.45) is 0. The van der Waals surface area contributed by atoms with E-state index in [0.717, 1.165) is 5.75 Å². The maximum Gasteiger partial charge on any atom is 0.335 e. The minimum absolute atomic E-state index is 0.226. The molecule has 2 rings (SSSR count). The third kappa shape index (κ3) is 3.98. The number of nitrogens with one attached hydrogen (secondary N) is 1. The third-order valence-corrected chi connectivity index (χ3v) is 2.62. The number of pyridine rings is 1. The molecule has 0 bridgehead atoms. The van der Waals surface area contributed by atoms with Crippen LogP contribution in [0.5, 0.6) is 5.75 Å². The van der Waals surface area contributed by atoms with Crippen molar-refractivity contribution in [1.82, 2.24) is 4.98 Å². The lowest BCUT2D eigenvalue weighted by atomic mass is 10.2. The molecule has 0 saturated carbocycles. The van der Waals surface area contributed by atoms with Crippen LogP contribution in [-0.2, 0) is 0 Å². The zero-order valence-electron chi connectivity index (χ0n) is 11.2. The normalized spacial score (nSPS) is 10.1. The summed E-state index contributed by atoms with van der Waals surface area (Å²) in [5.41, 5.74) is 0.889. The third-order valence-electron chi connectivity index (χ3n) is 2.62. The van der Waals surface area contributed by atoms with Gasteiger partial charge in [0.1, 0.15) is 18.2 Å². The van der Waals surface area contributed by atoms with Crippen molar-refractivity contribution < 1.29 is 14.6 Å². The Morgan fingerprint density at radius 1 is 1.30 bits per heavy atom. The van der Waals surface area contributed by atoms with Gasteiger partial charge in [-0.15, -0.1) is 0 Å². The Morgan fingerprint density at radius 2 is 2.05 bits per heavy atom. The Kier molecular flexibility index (Phi) is 4.55. The first-order valence-electron chi connectivity index (χ1n) is 6.29. The molecule has 2 aromatic rings. The molecule has 5 nitrogen and oxygen atoms in total. The molecule has 1 aromatic carbocycles. The number of hydrogen-bond acceptors (Lipinski definition) is 4.